The van der Waals surface area contributed by atoms with E-state index in [-0.39, 0.29) is 11.8 Å². The molecule has 5 heteroatoms. The number of aliphatic hydroxyl groups is 1. The number of hydrogen-bond donors (Lipinski definition) is 2. The number of aromatic hydroxyl groups is 1. The van der Waals surface area contributed by atoms with Gasteiger partial charge < -0.3 is 10.2 Å². The van der Waals surface area contributed by atoms with Crippen LogP contribution in [-0.2, 0) is 12.1 Å². The average molecular weight is 473 g/mol. The van der Waals surface area contributed by atoms with Gasteiger partial charge in [0.15, 0.2) is 0 Å². The fourth-order valence-corrected chi connectivity index (χ4v) is 4.90. The first-order chi connectivity index (χ1) is 14.0. The zero-order valence-corrected chi connectivity index (χ0v) is 18.3. The van der Waals surface area contributed by atoms with Crippen molar-refractivity contribution in [2.45, 2.75) is 31.0 Å². The maximum Gasteiger partial charge on any atom is 0.130 e. The Kier molecular flexibility index (Phi) is 5.98. The van der Waals surface area contributed by atoms with Gasteiger partial charge >= 0.3 is 0 Å². The maximum atomic E-state index is 12.1. The van der Waals surface area contributed by atoms with Gasteiger partial charge in [0, 0.05) is 22.6 Å². The molecular formula is C24H23BrClNO2. The highest BCUT2D eigenvalue weighted by atomic mass is 79.9. The fourth-order valence-electron chi connectivity index (χ4n) is 4.35. The molecule has 4 rings (SSSR count). The third-order valence-electron chi connectivity index (χ3n) is 5.77. The Morgan fingerprint density at radius 2 is 1.59 bits per heavy atom. The number of phenols is 1. The van der Waals surface area contributed by atoms with Crippen LogP contribution >= 0.6 is 27.5 Å². The highest BCUT2D eigenvalue weighted by Gasteiger charge is 2.45. The molecule has 0 bridgehead atoms. The summed E-state index contributed by atoms with van der Waals surface area (Å²) in [5.74, 6) is 0.173. The minimum absolute atomic E-state index is 0.110. The molecule has 3 nitrogen and oxygen atoms in total. The predicted octanol–water partition coefficient (Wildman–Crippen LogP) is 5.71. The van der Waals surface area contributed by atoms with Crippen LogP contribution in [0.15, 0.2) is 77.3 Å². The van der Waals surface area contributed by atoms with Gasteiger partial charge in [-0.1, -0.05) is 72.3 Å². The van der Waals surface area contributed by atoms with Gasteiger partial charge in [-0.2, -0.15) is 0 Å². The Hall–Kier alpha value is -1.85. The minimum atomic E-state index is -1.14. The van der Waals surface area contributed by atoms with Gasteiger partial charge in [0.25, 0.3) is 0 Å². The number of halogens is 2. The van der Waals surface area contributed by atoms with E-state index in [9.17, 15) is 10.2 Å². The second kappa shape index (κ2) is 8.49. The first kappa shape index (κ1) is 20.4. The summed E-state index contributed by atoms with van der Waals surface area (Å²) in [5.41, 5.74) is 1.41. The van der Waals surface area contributed by atoms with Crippen LogP contribution < -0.4 is 0 Å². The summed E-state index contributed by atoms with van der Waals surface area (Å²) in [5, 5.41) is 23.0. The molecule has 0 aliphatic carbocycles. The Morgan fingerprint density at radius 3 is 2.17 bits per heavy atom. The normalized spacial score (nSPS) is 17.6. The Bertz CT molecular complexity index is 941. The second-order valence-electron chi connectivity index (χ2n) is 7.52. The van der Waals surface area contributed by atoms with E-state index >= 15 is 0 Å². The van der Waals surface area contributed by atoms with Gasteiger partial charge in [0.05, 0.1) is 5.02 Å². The molecule has 1 fully saturated rings. The molecule has 1 atom stereocenters. The minimum Gasteiger partial charge on any atom is -0.508 e. The Morgan fingerprint density at radius 1 is 1.00 bits per heavy atom. The molecule has 1 saturated heterocycles. The topological polar surface area (TPSA) is 43.7 Å². The standard InChI is InChI=1S/C24H23BrClNO2/c25-20-14-17(22(28)15-21(20)26)16-27-13-7-12-23(27)24(29,18-8-3-1-4-9-18)19-10-5-2-6-11-19/h1-6,8-11,14-15,23,28-29H,7,12-13,16H2/t23-/m0/s1. The monoisotopic (exact) mass is 471 g/mol. The summed E-state index contributed by atoms with van der Waals surface area (Å²) in [6, 6.07) is 23.0. The summed E-state index contributed by atoms with van der Waals surface area (Å²) >= 11 is 9.55. The van der Waals surface area contributed by atoms with Crippen LogP contribution in [-0.4, -0.2) is 27.7 Å². The third kappa shape index (κ3) is 3.95. The summed E-state index contributed by atoms with van der Waals surface area (Å²) < 4.78 is 0.754. The molecule has 0 saturated carbocycles. The Balaban J connectivity index is 1.74. The van der Waals surface area contributed by atoms with E-state index in [2.05, 4.69) is 20.8 Å². The van der Waals surface area contributed by atoms with Crippen molar-refractivity contribution >= 4 is 27.5 Å². The van der Waals surface area contributed by atoms with Crippen molar-refractivity contribution < 1.29 is 10.2 Å². The van der Waals surface area contributed by atoms with Gasteiger partial charge in [0.2, 0.25) is 0 Å². The maximum absolute atomic E-state index is 12.1. The highest BCUT2D eigenvalue weighted by molar-refractivity contribution is 9.10. The lowest BCUT2D eigenvalue weighted by molar-refractivity contribution is -0.00672. The summed E-state index contributed by atoms with van der Waals surface area (Å²) in [6.07, 6.45) is 1.86. The van der Waals surface area contributed by atoms with Crippen LogP contribution in [0.2, 0.25) is 5.02 Å². The largest absolute Gasteiger partial charge is 0.508 e. The molecule has 0 amide bonds. The van der Waals surface area contributed by atoms with Crippen LogP contribution in [0.25, 0.3) is 0 Å². The number of rotatable bonds is 5. The molecule has 0 radical (unpaired) electrons. The first-order valence-electron chi connectivity index (χ1n) is 9.74. The van der Waals surface area contributed by atoms with E-state index in [4.69, 9.17) is 11.6 Å². The van der Waals surface area contributed by atoms with Crippen molar-refractivity contribution in [1.29, 1.82) is 0 Å². The van der Waals surface area contributed by atoms with E-state index < -0.39 is 5.60 Å². The zero-order chi connectivity index (χ0) is 20.4. The molecule has 1 aliphatic heterocycles. The molecule has 0 unspecified atom stereocenters. The first-order valence-corrected chi connectivity index (χ1v) is 10.9. The summed E-state index contributed by atoms with van der Waals surface area (Å²) in [6.45, 7) is 1.39. The van der Waals surface area contributed by atoms with Crippen molar-refractivity contribution in [1.82, 2.24) is 4.90 Å². The lowest BCUT2D eigenvalue weighted by Crippen LogP contribution is -2.48. The van der Waals surface area contributed by atoms with E-state index in [0.29, 0.717) is 11.6 Å². The number of likely N-dealkylation sites (tertiary alicyclic amines) is 1. The summed E-state index contributed by atoms with van der Waals surface area (Å²) in [7, 11) is 0. The lowest BCUT2D eigenvalue weighted by Gasteiger charge is -2.40. The number of benzene rings is 3. The SMILES string of the molecule is Oc1cc(Cl)c(Br)cc1CN1CCC[C@H]1C(O)(c1ccccc1)c1ccccc1. The van der Waals surface area contributed by atoms with E-state index in [1.807, 2.05) is 66.7 Å². The molecule has 3 aromatic carbocycles. The molecule has 150 valence electrons. The second-order valence-corrected chi connectivity index (χ2v) is 8.78. The van der Waals surface area contributed by atoms with Crippen LogP contribution in [0, 0.1) is 0 Å². The molecule has 0 aromatic heterocycles. The van der Waals surface area contributed by atoms with Crippen LogP contribution in [0.5, 0.6) is 5.75 Å². The van der Waals surface area contributed by atoms with E-state index in [0.717, 1.165) is 40.5 Å². The smallest absolute Gasteiger partial charge is 0.130 e. The predicted molar refractivity (Wildman–Crippen MR) is 120 cm³/mol. The van der Waals surface area contributed by atoms with Crippen LogP contribution in [0.1, 0.15) is 29.5 Å². The molecule has 1 heterocycles. The molecule has 2 N–H and O–H groups in total. The summed E-state index contributed by atoms with van der Waals surface area (Å²) in [4.78, 5) is 2.26. The van der Waals surface area contributed by atoms with Crippen molar-refractivity contribution in [3.05, 3.63) is 99.0 Å². The van der Waals surface area contributed by atoms with Crippen LogP contribution in [0.3, 0.4) is 0 Å². The van der Waals surface area contributed by atoms with E-state index in [1.165, 1.54) is 0 Å². The quantitative estimate of drug-likeness (QED) is 0.500. The van der Waals surface area contributed by atoms with Crippen LogP contribution in [0.4, 0.5) is 0 Å². The average Bonchev–Trinajstić information content (AvgIpc) is 3.21. The van der Waals surface area contributed by atoms with Gasteiger partial charge in [-0.25, -0.2) is 0 Å². The van der Waals surface area contributed by atoms with E-state index in [1.54, 1.807) is 6.07 Å². The molecule has 0 spiro atoms. The zero-order valence-electron chi connectivity index (χ0n) is 15.9. The Labute approximate surface area is 184 Å². The molecule has 3 aromatic rings. The van der Waals surface area contributed by atoms with Gasteiger partial charge in [-0.15, -0.1) is 0 Å². The number of phenolic OH excluding ortho intramolecular Hbond substituents is 1. The van der Waals surface area contributed by atoms with Crippen molar-refractivity contribution in [3.8, 4) is 5.75 Å². The molecule has 1 aliphatic rings. The fraction of sp³-hybridized carbons (Fsp3) is 0.250. The lowest BCUT2D eigenvalue weighted by atomic mass is 9.79. The van der Waals surface area contributed by atoms with Gasteiger partial charge in [-0.05, 0) is 58.6 Å². The van der Waals surface area contributed by atoms with Gasteiger partial charge in [-0.3, -0.25) is 4.90 Å². The number of hydrogen-bond acceptors (Lipinski definition) is 3. The molecule has 29 heavy (non-hydrogen) atoms. The van der Waals surface area contributed by atoms with Crippen molar-refractivity contribution in [2.75, 3.05) is 6.54 Å². The van der Waals surface area contributed by atoms with Gasteiger partial charge in [0.1, 0.15) is 11.4 Å². The molecular weight excluding hydrogens is 450 g/mol. The number of nitrogens with zero attached hydrogens (tertiary/aromatic N) is 1. The van der Waals surface area contributed by atoms with Crippen molar-refractivity contribution in [2.24, 2.45) is 0 Å². The van der Waals surface area contributed by atoms with Crippen molar-refractivity contribution in [3.63, 3.8) is 0 Å². The highest BCUT2D eigenvalue weighted by Crippen LogP contribution is 2.41. The third-order valence-corrected chi connectivity index (χ3v) is 6.97.